The van der Waals surface area contributed by atoms with Gasteiger partial charge in [0.15, 0.2) is 0 Å². The third-order valence-electron chi connectivity index (χ3n) is 2.88. The molecule has 0 spiro atoms. The highest BCUT2D eigenvalue weighted by molar-refractivity contribution is 7.16. The summed E-state index contributed by atoms with van der Waals surface area (Å²) in [6.45, 7) is 3.30. The SMILES string of the molecule is COC1CCN(Cc2ccc(Cl)s2)CC1. The van der Waals surface area contributed by atoms with Gasteiger partial charge in [-0.2, -0.15) is 0 Å². The van der Waals surface area contributed by atoms with E-state index in [4.69, 9.17) is 16.3 Å². The van der Waals surface area contributed by atoms with Crippen LogP contribution in [-0.4, -0.2) is 31.2 Å². The van der Waals surface area contributed by atoms with Gasteiger partial charge in [0, 0.05) is 31.6 Å². The molecule has 0 aromatic carbocycles. The summed E-state index contributed by atoms with van der Waals surface area (Å²) in [4.78, 5) is 3.83. The number of likely N-dealkylation sites (tertiary alicyclic amines) is 1. The third kappa shape index (κ3) is 3.18. The van der Waals surface area contributed by atoms with Crippen molar-refractivity contribution < 1.29 is 4.74 Å². The zero-order chi connectivity index (χ0) is 10.7. The van der Waals surface area contributed by atoms with Crippen molar-refractivity contribution in [1.29, 1.82) is 0 Å². The fraction of sp³-hybridized carbons (Fsp3) is 0.636. The van der Waals surface area contributed by atoms with E-state index < -0.39 is 0 Å². The number of hydrogen-bond acceptors (Lipinski definition) is 3. The van der Waals surface area contributed by atoms with E-state index in [2.05, 4.69) is 11.0 Å². The van der Waals surface area contributed by atoms with Gasteiger partial charge in [-0.1, -0.05) is 11.6 Å². The van der Waals surface area contributed by atoms with Gasteiger partial charge in [0.25, 0.3) is 0 Å². The van der Waals surface area contributed by atoms with Crippen LogP contribution in [0.5, 0.6) is 0 Å². The van der Waals surface area contributed by atoms with Crippen LogP contribution in [0.3, 0.4) is 0 Å². The van der Waals surface area contributed by atoms with Crippen LogP contribution in [-0.2, 0) is 11.3 Å². The second-order valence-electron chi connectivity index (χ2n) is 3.92. The van der Waals surface area contributed by atoms with E-state index in [-0.39, 0.29) is 0 Å². The van der Waals surface area contributed by atoms with E-state index in [0.717, 1.165) is 36.8 Å². The Morgan fingerprint density at radius 2 is 2.20 bits per heavy atom. The van der Waals surface area contributed by atoms with Gasteiger partial charge in [-0.15, -0.1) is 11.3 Å². The summed E-state index contributed by atoms with van der Waals surface area (Å²) in [5, 5.41) is 0. The number of thiophene rings is 1. The Morgan fingerprint density at radius 3 is 2.73 bits per heavy atom. The molecule has 0 aliphatic carbocycles. The van der Waals surface area contributed by atoms with E-state index >= 15 is 0 Å². The van der Waals surface area contributed by atoms with Crippen molar-refractivity contribution in [3.8, 4) is 0 Å². The molecule has 1 fully saturated rings. The van der Waals surface area contributed by atoms with Gasteiger partial charge >= 0.3 is 0 Å². The zero-order valence-corrected chi connectivity index (χ0v) is 10.5. The molecule has 1 aromatic heterocycles. The second-order valence-corrected chi connectivity index (χ2v) is 5.72. The van der Waals surface area contributed by atoms with E-state index in [9.17, 15) is 0 Å². The van der Waals surface area contributed by atoms with Crippen molar-refractivity contribution >= 4 is 22.9 Å². The van der Waals surface area contributed by atoms with Crippen LogP contribution in [0.15, 0.2) is 12.1 Å². The summed E-state index contributed by atoms with van der Waals surface area (Å²) in [6, 6.07) is 4.10. The Morgan fingerprint density at radius 1 is 1.47 bits per heavy atom. The number of piperidine rings is 1. The molecule has 4 heteroatoms. The molecule has 0 unspecified atom stereocenters. The first kappa shape index (κ1) is 11.4. The number of ether oxygens (including phenoxy) is 1. The summed E-state index contributed by atoms with van der Waals surface area (Å²) in [6.07, 6.45) is 2.76. The molecular formula is C11H16ClNOS. The number of rotatable bonds is 3. The Hall–Kier alpha value is -0.0900. The molecule has 0 N–H and O–H groups in total. The molecule has 84 valence electrons. The van der Waals surface area contributed by atoms with E-state index in [1.165, 1.54) is 4.88 Å². The van der Waals surface area contributed by atoms with Gasteiger partial charge in [-0.3, -0.25) is 4.90 Å². The molecule has 0 bridgehead atoms. The molecule has 1 aliphatic rings. The Balaban J connectivity index is 1.82. The Bertz CT molecular complexity index is 307. The molecule has 0 amide bonds. The number of hydrogen-bond donors (Lipinski definition) is 0. The largest absolute Gasteiger partial charge is 0.381 e. The van der Waals surface area contributed by atoms with Crippen molar-refractivity contribution in [3.63, 3.8) is 0 Å². The van der Waals surface area contributed by atoms with Crippen molar-refractivity contribution in [3.05, 3.63) is 21.3 Å². The van der Waals surface area contributed by atoms with E-state index in [1.807, 2.05) is 6.07 Å². The van der Waals surface area contributed by atoms with Gasteiger partial charge < -0.3 is 4.74 Å². The highest BCUT2D eigenvalue weighted by atomic mass is 35.5. The lowest BCUT2D eigenvalue weighted by Gasteiger charge is -2.30. The minimum Gasteiger partial charge on any atom is -0.381 e. The predicted octanol–water partition coefficient (Wildman–Crippen LogP) is 3.01. The number of halogens is 1. The third-order valence-corrected chi connectivity index (χ3v) is 4.09. The zero-order valence-electron chi connectivity index (χ0n) is 8.91. The molecule has 0 atom stereocenters. The maximum absolute atomic E-state index is 5.90. The number of nitrogens with zero attached hydrogens (tertiary/aromatic N) is 1. The topological polar surface area (TPSA) is 12.5 Å². The molecular weight excluding hydrogens is 230 g/mol. The van der Waals surface area contributed by atoms with Crippen LogP contribution >= 0.6 is 22.9 Å². The fourth-order valence-electron chi connectivity index (χ4n) is 1.96. The van der Waals surface area contributed by atoms with E-state index in [0.29, 0.717) is 6.10 Å². The minimum atomic E-state index is 0.466. The van der Waals surface area contributed by atoms with Gasteiger partial charge in [-0.05, 0) is 25.0 Å². The molecule has 2 rings (SSSR count). The first-order valence-electron chi connectivity index (χ1n) is 5.27. The van der Waals surface area contributed by atoms with Gasteiger partial charge in [0.05, 0.1) is 10.4 Å². The summed E-state index contributed by atoms with van der Waals surface area (Å²) in [5.74, 6) is 0. The Kier molecular flexibility index (Phi) is 4.03. The highest BCUT2D eigenvalue weighted by Crippen LogP contribution is 2.24. The molecule has 1 aromatic rings. The van der Waals surface area contributed by atoms with Crippen molar-refractivity contribution in [2.24, 2.45) is 0 Å². The number of methoxy groups -OCH3 is 1. The predicted molar refractivity (Wildman–Crippen MR) is 64.6 cm³/mol. The van der Waals surface area contributed by atoms with Crippen molar-refractivity contribution in [2.45, 2.75) is 25.5 Å². The van der Waals surface area contributed by atoms with Gasteiger partial charge in [-0.25, -0.2) is 0 Å². The van der Waals surface area contributed by atoms with Crippen LogP contribution in [0, 0.1) is 0 Å². The second kappa shape index (κ2) is 5.30. The first-order chi connectivity index (χ1) is 7.28. The summed E-state index contributed by atoms with van der Waals surface area (Å²) >= 11 is 7.58. The fourth-order valence-corrected chi connectivity index (χ4v) is 3.09. The average Bonchev–Trinajstić information content (AvgIpc) is 2.65. The van der Waals surface area contributed by atoms with Crippen LogP contribution in [0.1, 0.15) is 17.7 Å². The van der Waals surface area contributed by atoms with Gasteiger partial charge in [0.1, 0.15) is 0 Å². The van der Waals surface area contributed by atoms with E-state index in [1.54, 1.807) is 18.4 Å². The molecule has 0 saturated carbocycles. The minimum absolute atomic E-state index is 0.466. The normalized spacial score (nSPS) is 19.6. The van der Waals surface area contributed by atoms with Crippen LogP contribution in [0.2, 0.25) is 4.34 Å². The van der Waals surface area contributed by atoms with Crippen LogP contribution in [0.4, 0.5) is 0 Å². The molecule has 15 heavy (non-hydrogen) atoms. The molecule has 2 nitrogen and oxygen atoms in total. The smallest absolute Gasteiger partial charge is 0.0931 e. The van der Waals surface area contributed by atoms with Gasteiger partial charge in [0.2, 0.25) is 0 Å². The highest BCUT2D eigenvalue weighted by Gasteiger charge is 2.18. The van der Waals surface area contributed by atoms with Crippen LogP contribution in [0.25, 0.3) is 0 Å². The monoisotopic (exact) mass is 245 g/mol. The lowest BCUT2D eigenvalue weighted by Crippen LogP contribution is -2.35. The molecule has 1 aliphatic heterocycles. The quantitative estimate of drug-likeness (QED) is 0.812. The van der Waals surface area contributed by atoms with Crippen LogP contribution < -0.4 is 0 Å². The molecule has 2 heterocycles. The summed E-state index contributed by atoms with van der Waals surface area (Å²) in [7, 11) is 1.80. The van der Waals surface area contributed by atoms with Crippen molar-refractivity contribution in [1.82, 2.24) is 4.90 Å². The molecule has 0 radical (unpaired) electrons. The summed E-state index contributed by atoms with van der Waals surface area (Å²) < 4.78 is 6.23. The maximum Gasteiger partial charge on any atom is 0.0931 e. The standard InChI is InChI=1S/C11H16ClNOS/c1-14-9-4-6-13(7-5-9)8-10-2-3-11(12)15-10/h2-3,9H,4-8H2,1H3. The average molecular weight is 246 g/mol. The maximum atomic E-state index is 5.90. The summed E-state index contributed by atoms with van der Waals surface area (Å²) in [5.41, 5.74) is 0. The molecule has 1 saturated heterocycles. The lowest BCUT2D eigenvalue weighted by molar-refractivity contribution is 0.0391. The lowest BCUT2D eigenvalue weighted by atomic mass is 10.1. The first-order valence-corrected chi connectivity index (χ1v) is 6.47. The Labute approximate surface area is 99.8 Å². The van der Waals surface area contributed by atoms with Crippen molar-refractivity contribution in [2.75, 3.05) is 20.2 Å².